The maximum atomic E-state index is 13.2. The van der Waals surface area contributed by atoms with Gasteiger partial charge < -0.3 is 0 Å². The molecule has 0 saturated heterocycles. The van der Waals surface area contributed by atoms with Gasteiger partial charge in [0.1, 0.15) is 5.69 Å². The predicted molar refractivity (Wildman–Crippen MR) is 114 cm³/mol. The number of para-hydroxylation sites is 1. The summed E-state index contributed by atoms with van der Waals surface area (Å²) in [4.78, 5) is 23.4. The summed E-state index contributed by atoms with van der Waals surface area (Å²) in [7, 11) is -2.55. The summed E-state index contributed by atoms with van der Waals surface area (Å²) in [6.07, 6.45) is 0. The highest BCUT2D eigenvalue weighted by Crippen LogP contribution is 2.27. The molecular weight excluding hydrogens is 408 g/mol. The molecule has 0 aliphatic carbocycles. The van der Waals surface area contributed by atoms with Crippen molar-refractivity contribution in [2.75, 3.05) is 4.72 Å². The van der Waals surface area contributed by atoms with E-state index in [0.29, 0.717) is 16.9 Å². The van der Waals surface area contributed by atoms with Gasteiger partial charge in [0.25, 0.3) is 21.3 Å². The van der Waals surface area contributed by atoms with Crippen LogP contribution in [0.2, 0.25) is 0 Å². The number of hydrogen-bond donors (Lipinski definition) is 1. The van der Waals surface area contributed by atoms with Crippen LogP contribution in [-0.4, -0.2) is 22.7 Å². The molecule has 1 heterocycles. The first kappa shape index (κ1) is 21.3. The summed E-state index contributed by atoms with van der Waals surface area (Å²) in [6.45, 7) is 5.21. The maximum Gasteiger partial charge on any atom is 0.296 e. The predicted octanol–water partition coefficient (Wildman–Crippen LogP) is 3.32. The Kier molecular flexibility index (Phi) is 5.53. The molecule has 10 heteroatoms. The zero-order chi connectivity index (χ0) is 22.2. The van der Waals surface area contributed by atoms with E-state index in [1.807, 2.05) is 19.9 Å². The van der Waals surface area contributed by atoms with Gasteiger partial charge in [0.2, 0.25) is 0 Å². The second-order valence-electron chi connectivity index (χ2n) is 7.20. The molecule has 3 aromatic rings. The van der Waals surface area contributed by atoms with Crippen molar-refractivity contribution in [2.45, 2.75) is 31.6 Å². The minimum Gasteiger partial charge on any atom is -0.283 e. The standard InChI is InChI=1S/C20H22N4O5S/c1-13(2)19-18(20(25)23(22(19)4)15-8-6-5-7-9-15)21-30(28,29)16-11-10-14(3)17(12-16)24(26)27/h5-13,21H,1-4H3. The number of aromatic nitrogens is 2. The first-order valence-corrected chi connectivity index (χ1v) is 10.7. The molecule has 0 radical (unpaired) electrons. The molecule has 158 valence electrons. The number of nitro benzene ring substituents is 1. The molecule has 30 heavy (non-hydrogen) atoms. The van der Waals surface area contributed by atoms with E-state index in [9.17, 15) is 23.3 Å². The van der Waals surface area contributed by atoms with Gasteiger partial charge >= 0.3 is 0 Å². The number of nitrogens with one attached hydrogen (secondary N) is 1. The number of sulfonamides is 1. The van der Waals surface area contributed by atoms with Crippen LogP contribution in [0.5, 0.6) is 0 Å². The Morgan fingerprint density at radius 1 is 1.10 bits per heavy atom. The van der Waals surface area contributed by atoms with Crippen molar-refractivity contribution >= 4 is 21.4 Å². The molecule has 2 aromatic carbocycles. The van der Waals surface area contributed by atoms with Gasteiger partial charge in [0, 0.05) is 18.7 Å². The first-order valence-electron chi connectivity index (χ1n) is 9.19. The van der Waals surface area contributed by atoms with E-state index in [0.717, 1.165) is 6.07 Å². The highest BCUT2D eigenvalue weighted by Gasteiger charge is 2.27. The summed E-state index contributed by atoms with van der Waals surface area (Å²) in [5.74, 6) is -0.169. The number of nitro groups is 1. The zero-order valence-electron chi connectivity index (χ0n) is 17.0. The third kappa shape index (κ3) is 3.73. The van der Waals surface area contributed by atoms with Crippen LogP contribution in [-0.2, 0) is 17.1 Å². The lowest BCUT2D eigenvalue weighted by atomic mass is 10.1. The molecule has 0 aliphatic heterocycles. The van der Waals surface area contributed by atoms with Crippen molar-refractivity contribution < 1.29 is 13.3 Å². The topological polar surface area (TPSA) is 116 Å². The number of rotatable bonds is 6. The zero-order valence-corrected chi connectivity index (χ0v) is 17.8. The third-order valence-electron chi connectivity index (χ3n) is 4.78. The van der Waals surface area contributed by atoms with Crippen LogP contribution in [0.3, 0.4) is 0 Å². The Bertz CT molecular complexity index is 1270. The number of aryl methyl sites for hydroxylation is 1. The van der Waals surface area contributed by atoms with Gasteiger partial charge in [-0.15, -0.1) is 0 Å². The average molecular weight is 430 g/mol. The van der Waals surface area contributed by atoms with Crippen LogP contribution in [0.1, 0.15) is 31.0 Å². The van der Waals surface area contributed by atoms with Gasteiger partial charge in [-0.1, -0.05) is 38.1 Å². The Balaban J connectivity index is 2.16. The van der Waals surface area contributed by atoms with Crippen LogP contribution >= 0.6 is 0 Å². The molecular formula is C20H22N4O5S. The van der Waals surface area contributed by atoms with Crippen molar-refractivity contribution in [2.24, 2.45) is 7.05 Å². The van der Waals surface area contributed by atoms with E-state index in [4.69, 9.17) is 0 Å². The van der Waals surface area contributed by atoms with Crippen LogP contribution in [0.15, 0.2) is 58.2 Å². The molecule has 0 saturated carbocycles. The van der Waals surface area contributed by atoms with E-state index in [1.54, 1.807) is 36.0 Å². The molecule has 1 aromatic heterocycles. The van der Waals surface area contributed by atoms with E-state index in [-0.39, 0.29) is 22.2 Å². The lowest BCUT2D eigenvalue weighted by Crippen LogP contribution is -2.23. The summed E-state index contributed by atoms with van der Waals surface area (Å²) >= 11 is 0. The Hall–Kier alpha value is -3.40. The Morgan fingerprint density at radius 3 is 2.30 bits per heavy atom. The molecule has 0 atom stereocenters. The molecule has 0 amide bonds. The Morgan fingerprint density at radius 2 is 1.73 bits per heavy atom. The second-order valence-corrected chi connectivity index (χ2v) is 8.88. The van der Waals surface area contributed by atoms with E-state index >= 15 is 0 Å². The monoisotopic (exact) mass is 430 g/mol. The van der Waals surface area contributed by atoms with Gasteiger partial charge in [-0.2, -0.15) is 0 Å². The van der Waals surface area contributed by atoms with Gasteiger partial charge in [-0.05, 0) is 31.0 Å². The van der Waals surface area contributed by atoms with Gasteiger partial charge in [0.15, 0.2) is 0 Å². The first-order chi connectivity index (χ1) is 14.0. The van der Waals surface area contributed by atoms with E-state index in [1.165, 1.54) is 23.7 Å². The second kappa shape index (κ2) is 7.79. The molecule has 1 N–H and O–H groups in total. The minimum atomic E-state index is -4.23. The van der Waals surface area contributed by atoms with Gasteiger partial charge in [-0.25, -0.2) is 13.1 Å². The minimum absolute atomic E-state index is 0.0837. The van der Waals surface area contributed by atoms with Crippen molar-refractivity contribution in [3.8, 4) is 5.69 Å². The Labute approximate surface area is 173 Å². The van der Waals surface area contributed by atoms with E-state index in [2.05, 4.69) is 4.72 Å². The summed E-state index contributed by atoms with van der Waals surface area (Å²) in [6, 6.07) is 12.5. The molecule has 0 fully saturated rings. The van der Waals surface area contributed by atoms with Gasteiger partial charge in [0.05, 0.1) is 21.2 Å². The average Bonchev–Trinajstić information content (AvgIpc) is 2.91. The van der Waals surface area contributed by atoms with Crippen LogP contribution in [0, 0.1) is 17.0 Å². The van der Waals surface area contributed by atoms with Gasteiger partial charge in [-0.3, -0.25) is 24.3 Å². The molecule has 0 spiro atoms. The smallest absolute Gasteiger partial charge is 0.283 e. The van der Waals surface area contributed by atoms with Crippen molar-refractivity contribution in [3.05, 3.63) is 80.3 Å². The molecule has 0 bridgehead atoms. The number of nitrogens with zero attached hydrogens (tertiary/aromatic N) is 3. The fraction of sp³-hybridized carbons (Fsp3) is 0.250. The fourth-order valence-electron chi connectivity index (χ4n) is 3.39. The highest BCUT2D eigenvalue weighted by molar-refractivity contribution is 7.92. The van der Waals surface area contributed by atoms with Crippen LogP contribution in [0.4, 0.5) is 11.4 Å². The molecule has 0 unspecified atom stereocenters. The third-order valence-corrected chi connectivity index (χ3v) is 6.13. The number of hydrogen-bond acceptors (Lipinski definition) is 5. The fourth-order valence-corrected chi connectivity index (χ4v) is 4.48. The summed E-state index contributed by atoms with van der Waals surface area (Å²) < 4.78 is 31.3. The molecule has 0 aliphatic rings. The summed E-state index contributed by atoms with van der Waals surface area (Å²) in [5, 5.41) is 11.2. The van der Waals surface area contributed by atoms with Crippen molar-refractivity contribution in [1.29, 1.82) is 0 Å². The van der Waals surface area contributed by atoms with Crippen LogP contribution < -0.4 is 10.3 Å². The largest absolute Gasteiger partial charge is 0.296 e. The quantitative estimate of drug-likeness (QED) is 0.476. The van der Waals surface area contributed by atoms with E-state index < -0.39 is 20.5 Å². The van der Waals surface area contributed by atoms with Crippen molar-refractivity contribution in [1.82, 2.24) is 9.36 Å². The molecule has 3 rings (SSSR count). The normalized spacial score (nSPS) is 11.6. The molecule has 9 nitrogen and oxygen atoms in total. The van der Waals surface area contributed by atoms with Crippen molar-refractivity contribution in [3.63, 3.8) is 0 Å². The lowest BCUT2D eigenvalue weighted by molar-refractivity contribution is -0.385. The SMILES string of the molecule is Cc1ccc(S(=O)(=O)Nc2c(C(C)C)n(C)n(-c3ccccc3)c2=O)cc1[N+](=O)[O-]. The van der Waals surface area contributed by atoms with Crippen LogP contribution in [0.25, 0.3) is 5.69 Å². The maximum absolute atomic E-state index is 13.2. The lowest BCUT2D eigenvalue weighted by Gasteiger charge is -2.13. The summed E-state index contributed by atoms with van der Waals surface area (Å²) in [5.41, 5.74) is 0.499. The number of benzene rings is 2. The number of anilines is 1. The highest BCUT2D eigenvalue weighted by atomic mass is 32.2.